The smallest absolute Gasteiger partial charge is 0.229 e. The monoisotopic (exact) mass is 215 g/mol. The van der Waals surface area contributed by atoms with Gasteiger partial charge in [-0.05, 0) is 24.6 Å². The molecule has 0 aromatic carbocycles. The van der Waals surface area contributed by atoms with E-state index >= 15 is 0 Å². The third-order valence-corrected chi connectivity index (χ3v) is 3.17. The minimum atomic E-state index is -0.0167. The molecule has 1 saturated heterocycles. The zero-order valence-electron chi connectivity index (χ0n) is 8.81. The Morgan fingerprint density at radius 3 is 2.88 bits per heavy atom. The van der Waals surface area contributed by atoms with Crippen molar-refractivity contribution in [3.63, 3.8) is 0 Å². The first-order valence-electron chi connectivity index (χ1n) is 5.51. The van der Waals surface area contributed by atoms with Gasteiger partial charge in [-0.15, -0.1) is 0 Å². The van der Waals surface area contributed by atoms with Crippen LogP contribution < -0.4 is 10.6 Å². The molecule has 2 unspecified atom stereocenters. The first-order chi connectivity index (χ1) is 7.84. The van der Waals surface area contributed by atoms with E-state index in [0.29, 0.717) is 0 Å². The lowest BCUT2D eigenvalue weighted by Crippen LogP contribution is -2.46. The van der Waals surface area contributed by atoms with Crippen LogP contribution in [0, 0.1) is 5.92 Å². The third-order valence-electron chi connectivity index (χ3n) is 3.17. The van der Waals surface area contributed by atoms with E-state index in [4.69, 9.17) is 0 Å². The van der Waals surface area contributed by atoms with Gasteiger partial charge in [0.05, 0.1) is 5.92 Å². The Balaban J connectivity index is 1.89. The zero-order chi connectivity index (χ0) is 11.0. The summed E-state index contributed by atoms with van der Waals surface area (Å²) in [4.78, 5) is 15.6. The molecule has 0 aliphatic carbocycles. The summed E-state index contributed by atoms with van der Waals surface area (Å²) in [5.41, 5.74) is 2.15. The van der Waals surface area contributed by atoms with E-state index in [2.05, 4.69) is 15.6 Å². The lowest BCUT2D eigenvalue weighted by Gasteiger charge is -2.25. The average molecular weight is 215 g/mol. The summed E-state index contributed by atoms with van der Waals surface area (Å²) < 4.78 is 0. The topological polar surface area (TPSA) is 54.0 Å². The summed E-state index contributed by atoms with van der Waals surface area (Å²) in [7, 11) is 0. The molecular weight excluding hydrogens is 202 g/mol. The molecule has 1 fully saturated rings. The van der Waals surface area contributed by atoms with Gasteiger partial charge in [0.25, 0.3) is 0 Å². The second-order valence-corrected chi connectivity index (χ2v) is 4.17. The summed E-state index contributed by atoms with van der Waals surface area (Å²) in [6.07, 6.45) is 6.54. The number of carbonyl (C=O) groups excluding carboxylic acids is 1. The fraction of sp³-hybridized carbons (Fsp3) is 0.333. The van der Waals surface area contributed by atoms with Gasteiger partial charge in [-0.25, -0.2) is 0 Å². The van der Waals surface area contributed by atoms with Gasteiger partial charge in [-0.3, -0.25) is 9.78 Å². The normalized spacial score (nSPS) is 27.8. The van der Waals surface area contributed by atoms with E-state index in [9.17, 15) is 4.79 Å². The molecule has 4 nitrogen and oxygen atoms in total. The van der Waals surface area contributed by atoms with Crippen molar-refractivity contribution in [2.24, 2.45) is 5.92 Å². The number of hydrogen-bond acceptors (Lipinski definition) is 3. The summed E-state index contributed by atoms with van der Waals surface area (Å²) in [6.45, 7) is 0.768. The van der Waals surface area contributed by atoms with Crippen molar-refractivity contribution in [3.8, 4) is 0 Å². The van der Waals surface area contributed by atoms with Crippen LogP contribution in [0.4, 0.5) is 0 Å². The third kappa shape index (κ3) is 1.46. The van der Waals surface area contributed by atoms with Gasteiger partial charge in [-0.2, -0.15) is 0 Å². The van der Waals surface area contributed by atoms with Crippen LogP contribution in [0.25, 0.3) is 5.70 Å². The quantitative estimate of drug-likeness (QED) is 0.718. The maximum atomic E-state index is 11.6. The SMILES string of the molecule is O=C1NCCC2NC(c3ccncc3)=CC12. The highest BCUT2D eigenvalue weighted by molar-refractivity contribution is 5.86. The van der Waals surface area contributed by atoms with Crippen molar-refractivity contribution >= 4 is 11.6 Å². The number of carbonyl (C=O) groups is 1. The molecule has 1 amide bonds. The molecule has 1 aromatic heterocycles. The number of aromatic nitrogens is 1. The number of nitrogens with one attached hydrogen (secondary N) is 2. The largest absolute Gasteiger partial charge is 0.381 e. The second-order valence-electron chi connectivity index (χ2n) is 4.17. The molecule has 2 N–H and O–H groups in total. The van der Waals surface area contributed by atoms with Crippen molar-refractivity contribution in [1.29, 1.82) is 0 Å². The Morgan fingerprint density at radius 1 is 1.31 bits per heavy atom. The zero-order valence-corrected chi connectivity index (χ0v) is 8.81. The number of piperidine rings is 1. The van der Waals surface area contributed by atoms with Crippen LogP contribution in [0.3, 0.4) is 0 Å². The van der Waals surface area contributed by atoms with Crippen LogP contribution in [0.15, 0.2) is 30.6 Å². The summed E-state index contributed by atoms with van der Waals surface area (Å²) >= 11 is 0. The molecule has 16 heavy (non-hydrogen) atoms. The molecule has 2 aliphatic heterocycles. The maximum absolute atomic E-state index is 11.6. The first kappa shape index (κ1) is 9.39. The Labute approximate surface area is 93.8 Å². The lowest BCUT2D eigenvalue weighted by atomic mass is 9.95. The minimum Gasteiger partial charge on any atom is -0.381 e. The molecule has 0 bridgehead atoms. The highest BCUT2D eigenvalue weighted by atomic mass is 16.2. The molecule has 0 saturated carbocycles. The van der Waals surface area contributed by atoms with Crippen LogP contribution in [-0.2, 0) is 4.79 Å². The summed E-state index contributed by atoms with van der Waals surface area (Å²) in [5, 5.41) is 6.30. The molecule has 0 radical (unpaired) electrons. The first-order valence-corrected chi connectivity index (χ1v) is 5.51. The minimum absolute atomic E-state index is 0.0167. The van der Waals surface area contributed by atoms with E-state index in [0.717, 1.165) is 24.2 Å². The van der Waals surface area contributed by atoms with E-state index in [-0.39, 0.29) is 17.9 Å². The lowest BCUT2D eigenvalue weighted by molar-refractivity contribution is -0.125. The molecule has 0 spiro atoms. The van der Waals surface area contributed by atoms with Gasteiger partial charge < -0.3 is 10.6 Å². The van der Waals surface area contributed by atoms with Crippen molar-refractivity contribution < 1.29 is 4.79 Å². The molecular formula is C12H13N3O. The van der Waals surface area contributed by atoms with Crippen molar-refractivity contribution in [3.05, 3.63) is 36.2 Å². The fourth-order valence-corrected chi connectivity index (χ4v) is 2.32. The average Bonchev–Trinajstić information content (AvgIpc) is 2.76. The number of fused-ring (bicyclic) bond motifs is 1. The van der Waals surface area contributed by atoms with Crippen molar-refractivity contribution in [1.82, 2.24) is 15.6 Å². The molecule has 2 atom stereocenters. The van der Waals surface area contributed by atoms with Crippen LogP contribution in [0.2, 0.25) is 0 Å². The Hall–Kier alpha value is -1.84. The van der Waals surface area contributed by atoms with E-state index in [1.807, 2.05) is 18.2 Å². The van der Waals surface area contributed by atoms with Gasteiger partial charge >= 0.3 is 0 Å². The van der Waals surface area contributed by atoms with E-state index in [1.165, 1.54) is 0 Å². The van der Waals surface area contributed by atoms with Gasteiger partial charge in [0, 0.05) is 36.2 Å². The summed E-state index contributed by atoms with van der Waals surface area (Å²) in [6, 6.07) is 4.17. The van der Waals surface area contributed by atoms with Crippen molar-refractivity contribution in [2.45, 2.75) is 12.5 Å². The Kier molecular flexibility index (Phi) is 2.13. The highest BCUT2D eigenvalue weighted by Crippen LogP contribution is 2.27. The molecule has 4 heteroatoms. The Morgan fingerprint density at radius 2 is 2.12 bits per heavy atom. The predicted molar refractivity (Wildman–Crippen MR) is 60.3 cm³/mol. The molecule has 3 heterocycles. The van der Waals surface area contributed by atoms with Crippen molar-refractivity contribution in [2.75, 3.05) is 6.54 Å². The number of rotatable bonds is 1. The van der Waals surface area contributed by atoms with Crippen LogP contribution >= 0.6 is 0 Å². The molecule has 3 rings (SSSR count). The number of amides is 1. The summed E-state index contributed by atoms with van der Waals surface area (Å²) in [5.74, 6) is 0.115. The van der Waals surface area contributed by atoms with Gasteiger partial charge in [0.1, 0.15) is 0 Å². The second kappa shape index (κ2) is 3.63. The highest BCUT2D eigenvalue weighted by Gasteiger charge is 2.35. The van der Waals surface area contributed by atoms with E-state index < -0.39 is 0 Å². The maximum Gasteiger partial charge on any atom is 0.229 e. The number of pyridine rings is 1. The van der Waals surface area contributed by atoms with Crippen LogP contribution in [0.1, 0.15) is 12.0 Å². The number of hydrogen-bond donors (Lipinski definition) is 2. The number of nitrogens with zero attached hydrogens (tertiary/aromatic N) is 1. The van der Waals surface area contributed by atoms with Gasteiger partial charge in [0.2, 0.25) is 5.91 Å². The van der Waals surface area contributed by atoms with Gasteiger partial charge in [0.15, 0.2) is 0 Å². The molecule has 1 aromatic rings. The molecule has 2 aliphatic rings. The predicted octanol–water partition coefficient (Wildman–Crippen LogP) is 0.530. The van der Waals surface area contributed by atoms with Crippen LogP contribution in [-0.4, -0.2) is 23.5 Å². The molecule has 82 valence electrons. The van der Waals surface area contributed by atoms with Gasteiger partial charge in [-0.1, -0.05) is 0 Å². The standard InChI is InChI=1S/C12H13N3O/c16-12-9-7-11(8-1-4-13-5-2-8)15-10(9)3-6-14-12/h1-2,4-5,7,9-10,15H,3,6H2,(H,14,16). The fourth-order valence-electron chi connectivity index (χ4n) is 2.32. The Bertz CT molecular complexity index is 441. The van der Waals surface area contributed by atoms with E-state index in [1.54, 1.807) is 12.4 Å². The van der Waals surface area contributed by atoms with Crippen LogP contribution in [0.5, 0.6) is 0 Å².